The van der Waals surface area contributed by atoms with Gasteiger partial charge in [0.1, 0.15) is 12.1 Å². The molecule has 1 saturated heterocycles. The average molecular weight is 396 g/mol. The second-order valence-electron chi connectivity index (χ2n) is 6.33. The predicted molar refractivity (Wildman–Crippen MR) is 96.4 cm³/mol. The molecule has 0 N–H and O–H groups in total. The Balaban J connectivity index is 1.43. The third-order valence-electron chi connectivity index (χ3n) is 4.44. The standard InChI is InChI=1S/C16H15F3N6OS/c1-23(15-22-12-6-20-3-2-13(12)27-15)11-7-24(8-11)10-4-14(26)25(21-5-10)9-16(17,18)19/h2-6,11H,7-9H2,1H3. The number of fused-ring (bicyclic) bond motifs is 1. The highest BCUT2D eigenvalue weighted by atomic mass is 32.1. The maximum atomic E-state index is 12.4. The average Bonchev–Trinajstić information content (AvgIpc) is 2.99. The number of halogens is 3. The molecule has 0 radical (unpaired) electrons. The lowest BCUT2D eigenvalue weighted by Crippen LogP contribution is -2.59. The van der Waals surface area contributed by atoms with Crippen LogP contribution in [-0.4, -0.2) is 52.1 Å². The van der Waals surface area contributed by atoms with E-state index in [1.54, 1.807) is 23.7 Å². The van der Waals surface area contributed by atoms with Gasteiger partial charge in [0, 0.05) is 32.4 Å². The van der Waals surface area contributed by atoms with Gasteiger partial charge in [-0.2, -0.15) is 18.3 Å². The van der Waals surface area contributed by atoms with Crippen LogP contribution in [-0.2, 0) is 6.54 Å². The minimum Gasteiger partial charge on any atom is -0.366 e. The molecule has 142 valence electrons. The van der Waals surface area contributed by atoms with Crippen molar-refractivity contribution < 1.29 is 13.2 Å². The second-order valence-corrected chi connectivity index (χ2v) is 7.34. The van der Waals surface area contributed by atoms with Crippen LogP contribution in [0.1, 0.15) is 0 Å². The van der Waals surface area contributed by atoms with Crippen LogP contribution in [0.3, 0.4) is 0 Å². The second kappa shape index (κ2) is 6.48. The van der Waals surface area contributed by atoms with Crippen LogP contribution in [0.5, 0.6) is 0 Å². The SMILES string of the molecule is CN(c1nc2cnccc2s1)C1CN(c2cnn(CC(F)(F)F)c(=O)c2)C1. The fraction of sp³-hybridized carbons (Fsp3) is 0.375. The predicted octanol–water partition coefficient (Wildman–Crippen LogP) is 2.14. The van der Waals surface area contributed by atoms with Gasteiger partial charge in [-0.1, -0.05) is 11.3 Å². The van der Waals surface area contributed by atoms with Crippen molar-refractivity contribution in [3.63, 3.8) is 0 Å². The third-order valence-corrected chi connectivity index (χ3v) is 5.57. The van der Waals surface area contributed by atoms with E-state index in [1.165, 1.54) is 12.3 Å². The Morgan fingerprint density at radius 1 is 1.33 bits per heavy atom. The summed E-state index contributed by atoms with van der Waals surface area (Å²) in [5.41, 5.74) is 0.606. The van der Waals surface area contributed by atoms with E-state index in [0.717, 1.165) is 15.3 Å². The Labute approximate surface area is 155 Å². The highest BCUT2D eigenvalue weighted by Gasteiger charge is 2.33. The molecule has 0 atom stereocenters. The Bertz CT molecular complexity index is 994. The minimum atomic E-state index is -4.48. The zero-order chi connectivity index (χ0) is 19.2. The van der Waals surface area contributed by atoms with E-state index >= 15 is 0 Å². The lowest BCUT2D eigenvalue weighted by atomic mass is 10.1. The largest absolute Gasteiger partial charge is 0.408 e. The highest BCUT2D eigenvalue weighted by Crippen LogP contribution is 2.31. The van der Waals surface area contributed by atoms with Gasteiger partial charge in [-0.05, 0) is 6.07 Å². The maximum Gasteiger partial charge on any atom is 0.408 e. The monoisotopic (exact) mass is 396 g/mol. The molecule has 0 aliphatic carbocycles. The van der Waals surface area contributed by atoms with Crippen LogP contribution in [0.2, 0.25) is 0 Å². The molecule has 4 heterocycles. The van der Waals surface area contributed by atoms with E-state index in [1.807, 2.05) is 18.0 Å². The van der Waals surface area contributed by atoms with Crippen molar-refractivity contribution in [1.29, 1.82) is 0 Å². The van der Waals surface area contributed by atoms with Gasteiger partial charge in [-0.25, -0.2) is 9.67 Å². The van der Waals surface area contributed by atoms with Gasteiger partial charge >= 0.3 is 6.18 Å². The molecule has 1 aliphatic heterocycles. The Hall–Kier alpha value is -2.69. The number of hydrogen-bond acceptors (Lipinski definition) is 7. The first-order valence-electron chi connectivity index (χ1n) is 8.12. The van der Waals surface area contributed by atoms with Crippen molar-refractivity contribution in [2.24, 2.45) is 0 Å². The van der Waals surface area contributed by atoms with Crippen molar-refractivity contribution in [1.82, 2.24) is 19.7 Å². The summed E-state index contributed by atoms with van der Waals surface area (Å²) in [5, 5.41) is 4.51. The molecule has 0 bridgehead atoms. The molecule has 27 heavy (non-hydrogen) atoms. The first-order chi connectivity index (χ1) is 12.8. The van der Waals surface area contributed by atoms with Gasteiger partial charge in [0.2, 0.25) is 0 Å². The smallest absolute Gasteiger partial charge is 0.366 e. The number of anilines is 2. The lowest BCUT2D eigenvalue weighted by molar-refractivity contribution is -0.143. The Kier molecular flexibility index (Phi) is 4.25. The van der Waals surface area contributed by atoms with Crippen LogP contribution >= 0.6 is 11.3 Å². The topological polar surface area (TPSA) is 67.2 Å². The summed E-state index contributed by atoms with van der Waals surface area (Å²) < 4.78 is 38.7. The Morgan fingerprint density at radius 3 is 2.78 bits per heavy atom. The maximum absolute atomic E-state index is 12.4. The van der Waals surface area contributed by atoms with Gasteiger partial charge < -0.3 is 9.80 Å². The summed E-state index contributed by atoms with van der Waals surface area (Å²) in [5.74, 6) is 0. The van der Waals surface area contributed by atoms with Crippen molar-refractivity contribution in [2.75, 3.05) is 29.9 Å². The summed E-state index contributed by atoms with van der Waals surface area (Å²) >= 11 is 1.57. The summed E-state index contributed by atoms with van der Waals surface area (Å²) in [6.07, 6.45) is 0.267. The van der Waals surface area contributed by atoms with Gasteiger partial charge in [0.25, 0.3) is 5.56 Å². The van der Waals surface area contributed by atoms with Crippen molar-refractivity contribution >= 4 is 32.4 Å². The van der Waals surface area contributed by atoms with E-state index in [9.17, 15) is 18.0 Å². The highest BCUT2D eigenvalue weighted by molar-refractivity contribution is 7.22. The molecular weight excluding hydrogens is 381 g/mol. The molecule has 0 spiro atoms. The molecule has 11 heteroatoms. The number of nitrogens with zero attached hydrogens (tertiary/aromatic N) is 6. The third kappa shape index (κ3) is 3.59. The zero-order valence-corrected chi connectivity index (χ0v) is 15.0. The van der Waals surface area contributed by atoms with Crippen LogP contribution in [0.25, 0.3) is 10.2 Å². The molecule has 0 aromatic carbocycles. The quantitative estimate of drug-likeness (QED) is 0.673. The molecule has 3 aromatic rings. The molecule has 0 unspecified atom stereocenters. The van der Waals surface area contributed by atoms with Crippen LogP contribution < -0.4 is 15.4 Å². The van der Waals surface area contributed by atoms with Crippen molar-refractivity contribution in [2.45, 2.75) is 18.8 Å². The number of alkyl halides is 3. The molecular formula is C16H15F3N6OS. The van der Waals surface area contributed by atoms with Crippen molar-refractivity contribution in [3.05, 3.63) is 41.1 Å². The first kappa shape index (κ1) is 17.7. The molecule has 1 fully saturated rings. The minimum absolute atomic E-state index is 0.191. The number of thiazole rings is 1. The van der Waals surface area contributed by atoms with Gasteiger partial charge in [-0.3, -0.25) is 9.78 Å². The van der Waals surface area contributed by atoms with Crippen LogP contribution in [0, 0.1) is 0 Å². The number of rotatable bonds is 4. The number of hydrogen-bond donors (Lipinski definition) is 0. The van der Waals surface area contributed by atoms with E-state index in [2.05, 4.69) is 20.0 Å². The molecule has 4 rings (SSSR count). The van der Waals surface area contributed by atoms with Gasteiger partial charge in [0.15, 0.2) is 5.13 Å². The molecule has 3 aromatic heterocycles. The van der Waals surface area contributed by atoms with E-state index in [0.29, 0.717) is 23.5 Å². The fourth-order valence-electron chi connectivity index (χ4n) is 2.87. The van der Waals surface area contributed by atoms with Gasteiger partial charge in [0.05, 0.1) is 28.8 Å². The summed E-state index contributed by atoms with van der Waals surface area (Å²) in [6.45, 7) is -0.117. The summed E-state index contributed by atoms with van der Waals surface area (Å²) in [4.78, 5) is 24.4. The van der Waals surface area contributed by atoms with Crippen LogP contribution in [0.15, 0.2) is 35.5 Å². The molecule has 7 nitrogen and oxygen atoms in total. The summed E-state index contributed by atoms with van der Waals surface area (Å²) in [6, 6.07) is 3.30. The lowest BCUT2D eigenvalue weighted by Gasteiger charge is -2.45. The van der Waals surface area contributed by atoms with E-state index in [4.69, 9.17) is 0 Å². The van der Waals surface area contributed by atoms with Crippen molar-refractivity contribution in [3.8, 4) is 0 Å². The first-order valence-corrected chi connectivity index (χ1v) is 8.94. The zero-order valence-electron chi connectivity index (χ0n) is 14.2. The van der Waals surface area contributed by atoms with E-state index in [-0.39, 0.29) is 6.04 Å². The van der Waals surface area contributed by atoms with E-state index < -0.39 is 18.3 Å². The normalized spacial score (nSPS) is 15.2. The number of likely N-dealkylation sites (N-methyl/N-ethyl adjacent to an activating group) is 1. The summed E-state index contributed by atoms with van der Waals surface area (Å²) in [7, 11) is 1.95. The Morgan fingerprint density at radius 2 is 2.11 bits per heavy atom. The fourth-order valence-corrected chi connectivity index (χ4v) is 3.84. The van der Waals surface area contributed by atoms with Crippen LogP contribution in [0.4, 0.5) is 24.0 Å². The van der Waals surface area contributed by atoms with Gasteiger partial charge in [-0.15, -0.1) is 0 Å². The molecule has 0 amide bonds. The number of pyridine rings is 1. The molecule has 1 aliphatic rings. The number of aromatic nitrogens is 4. The molecule has 0 saturated carbocycles.